The van der Waals surface area contributed by atoms with Gasteiger partial charge in [-0.3, -0.25) is 4.79 Å². The molecule has 8 heteroatoms. The maximum absolute atomic E-state index is 12.9. The second kappa shape index (κ2) is 7.19. The van der Waals surface area contributed by atoms with E-state index < -0.39 is 21.2 Å². The number of benzene rings is 1. The lowest BCUT2D eigenvalue weighted by Gasteiger charge is -2.60. The number of carbonyl (C=O) groups is 1. The third-order valence-corrected chi connectivity index (χ3v) is 9.21. The summed E-state index contributed by atoms with van der Waals surface area (Å²) in [7, 11) is -3.83. The maximum Gasteiger partial charge on any atom is 0.241 e. The van der Waals surface area contributed by atoms with Gasteiger partial charge in [-0.05, 0) is 88.8 Å². The fraction of sp³-hybridized carbons (Fsp3) is 0.682. The van der Waals surface area contributed by atoms with E-state index in [-0.39, 0.29) is 22.8 Å². The van der Waals surface area contributed by atoms with Gasteiger partial charge in [-0.2, -0.15) is 0 Å². The van der Waals surface area contributed by atoms with Crippen LogP contribution < -0.4 is 10.0 Å². The SMILES string of the molecule is Cc1c(Cl)cccc1S(=O)(=O)NC(C)(C)CC(=O)NC12CC3CC(CC(O)(C3)C1)C2. The van der Waals surface area contributed by atoms with Crippen LogP contribution in [0.5, 0.6) is 0 Å². The number of hydrogen-bond acceptors (Lipinski definition) is 4. The first-order valence-electron chi connectivity index (χ1n) is 10.6. The van der Waals surface area contributed by atoms with E-state index >= 15 is 0 Å². The van der Waals surface area contributed by atoms with E-state index in [9.17, 15) is 18.3 Å². The van der Waals surface area contributed by atoms with Crippen LogP contribution >= 0.6 is 11.6 Å². The molecule has 0 radical (unpaired) electrons. The van der Waals surface area contributed by atoms with Gasteiger partial charge >= 0.3 is 0 Å². The lowest BCUT2D eigenvalue weighted by atomic mass is 9.51. The number of halogens is 1. The van der Waals surface area contributed by atoms with E-state index in [2.05, 4.69) is 10.0 Å². The molecular formula is C22H31ClN2O4S. The summed E-state index contributed by atoms with van der Waals surface area (Å²) in [5, 5.41) is 14.5. The van der Waals surface area contributed by atoms with Crippen molar-refractivity contribution in [3.05, 3.63) is 28.8 Å². The highest BCUT2D eigenvalue weighted by atomic mass is 35.5. The van der Waals surface area contributed by atoms with Crippen LogP contribution in [-0.4, -0.2) is 36.1 Å². The van der Waals surface area contributed by atoms with E-state index in [1.54, 1.807) is 32.9 Å². The molecule has 0 heterocycles. The van der Waals surface area contributed by atoms with Crippen molar-refractivity contribution in [2.24, 2.45) is 11.8 Å². The molecule has 2 atom stereocenters. The Balaban J connectivity index is 1.45. The number of hydrogen-bond donors (Lipinski definition) is 3. The largest absolute Gasteiger partial charge is 0.390 e. The monoisotopic (exact) mass is 454 g/mol. The fourth-order valence-electron chi connectivity index (χ4n) is 6.44. The average Bonchev–Trinajstić information content (AvgIpc) is 2.52. The molecule has 0 aromatic heterocycles. The molecule has 0 aliphatic heterocycles. The van der Waals surface area contributed by atoms with Crippen molar-refractivity contribution in [3.8, 4) is 0 Å². The average molecular weight is 455 g/mol. The van der Waals surface area contributed by atoms with Crippen LogP contribution in [0.2, 0.25) is 5.02 Å². The molecular weight excluding hydrogens is 424 g/mol. The molecule has 6 nitrogen and oxygen atoms in total. The molecule has 4 bridgehead atoms. The lowest BCUT2D eigenvalue weighted by Crippen LogP contribution is -2.66. The van der Waals surface area contributed by atoms with Crippen LogP contribution in [-0.2, 0) is 14.8 Å². The molecule has 4 saturated carbocycles. The zero-order valence-corrected chi connectivity index (χ0v) is 19.4. The van der Waals surface area contributed by atoms with Crippen LogP contribution in [0.4, 0.5) is 0 Å². The minimum Gasteiger partial charge on any atom is -0.390 e. The van der Waals surface area contributed by atoms with Crippen LogP contribution in [0.1, 0.15) is 64.4 Å². The Hall–Kier alpha value is -1.15. The minimum absolute atomic E-state index is 0.0152. The Kier molecular flexibility index (Phi) is 5.29. The molecule has 1 aromatic carbocycles. The molecule has 4 aliphatic carbocycles. The Labute approximate surface area is 183 Å². The molecule has 1 amide bonds. The topological polar surface area (TPSA) is 95.5 Å². The number of rotatable bonds is 6. The number of sulfonamides is 1. The molecule has 2 unspecified atom stereocenters. The van der Waals surface area contributed by atoms with Crippen molar-refractivity contribution < 1.29 is 18.3 Å². The highest BCUT2D eigenvalue weighted by Gasteiger charge is 2.57. The van der Waals surface area contributed by atoms with E-state index in [0.29, 0.717) is 28.8 Å². The van der Waals surface area contributed by atoms with Gasteiger partial charge in [-0.1, -0.05) is 17.7 Å². The molecule has 1 aromatic rings. The van der Waals surface area contributed by atoms with Crippen LogP contribution in [0.15, 0.2) is 23.1 Å². The second-order valence-electron chi connectivity index (χ2n) is 10.5. The quantitative estimate of drug-likeness (QED) is 0.614. The van der Waals surface area contributed by atoms with Crippen LogP contribution in [0.3, 0.4) is 0 Å². The predicted molar refractivity (Wildman–Crippen MR) is 116 cm³/mol. The third-order valence-electron chi connectivity index (χ3n) is 6.96. The van der Waals surface area contributed by atoms with Gasteiger partial charge in [0.25, 0.3) is 0 Å². The van der Waals surface area contributed by atoms with Crippen molar-refractivity contribution in [2.75, 3.05) is 0 Å². The van der Waals surface area contributed by atoms with Crippen molar-refractivity contribution in [2.45, 2.75) is 87.3 Å². The molecule has 166 valence electrons. The van der Waals surface area contributed by atoms with Crippen molar-refractivity contribution in [3.63, 3.8) is 0 Å². The zero-order chi connectivity index (χ0) is 21.9. The van der Waals surface area contributed by atoms with Crippen molar-refractivity contribution >= 4 is 27.5 Å². The highest BCUT2D eigenvalue weighted by molar-refractivity contribution is 7.89. The van der Waals surface area contributed by atoms with Gasteiger partial charge < -0.3 is 10.4 Å². The lowest BCUT2D eigenvalue weighted by molar-refractivity contribution is -0.151. The second-order valence-corrected chi connectivity index (χ2v) is 12.6. The number of carbonyl (C=O) groups excluding carboxylic acids is 1. The van der Waals surface area contributed by atoms with Crippen molar-refractivity contribution in [1.29, 1.82) is 0 Å². The normalized spacial score (nSPS) is 33.0. The Morgan fingerprint density at radius 1 is 1.23 bits per heavy atom. The number of amides is 1. The Bertz CT molecular complexity index is 961. The fourth-order valence-corrected chi connectivity index (χ4v) is 8.35. The van der Waals surface area contributed by atoms with E-state index in [1.807, 2.05) is 0 Å². The first-order chi connectivity index (χ1) is 13.8. The third kappa shape index (κ3) is 4.27. The Morgan fingerprint density at radius 3 is 2.47 bits per heavy atom. The molecule has 4 aliphatic rings. The summed E-state index contributed by atoms with van der Waals surface area (Å²) in [4.78, 5) is 13.1. The number of aliphatic hydroxyl groups is 1. The Morgan fingerprint density at radius 2 is 1.87 bits per heavy atom. The molecule has 0 spiro atoms. The summed E-state index contributed by atoms with van der Waals surface area (Å²) < 4.78 is 28.5. The zero-order valence-electron chi connectivity index (χ0n) is 17.8. The van der Waals surface area contributed by atoms with E-state index in [1.165, 1.54) is 6.07 Å². The first-order valence-corrected chi connectivity index (χ1v) is 12.5. The smallest absolute Gasteiger partial charge is 0.241 e. The standard InChI is InChI=1S/C22H31ClN2O4S/c1-14-17(23)5-4-6-18(14)30(28,29)25-20(2,3)12-19(26)24-21-8-15-7-16(9-21)11-22(27,10-15)13-21/h4-6,15-16,25,27H,7-13H2,1-3H3,(H,24,26). The summed E-state index contributed by atoms with van der Waals surface area (Å²) >= 11 is 6.08. The predicted octanol–water partition coefficient (Wildman–Crippen LogP) is 3.30. The number of nitrogens with one attached hydrogen (secondary N) is 2. The maximum atomic E-state index is 12.9. The van der Waals surface area contributed by atoms with Gasteiger partial charge in [0, 0.05) is 22.5 Å². The summed E-state index contributed by atoms with van der Waals surface area (Å²) in [6.45, 7) is 5.07. The summed E-state index contributed by atoms with van der Waals surface area (Å²) in [5.41, 5.74) is -1.50. The minimum atomic E-state index is -3.83. The van der Waals surface area contributed by atoms with Crippen LogP contribution in [0, 0.1) is 18.8 Å². The molecule has 4 fully saturated rings. The van der Waals surface area contributed by atoms with Gasteiger partial charge in [-0.15, -0.1) is 0 Å². The van der Waals surface area contributed by atoms with E-state index in [4.69, 9.17) is 11.6 Å². The van der Waals surface area contributed by atoms with Gasteiger partial charge in [0.05, 0.1) is 10.5 Å². The summed E-state index contributed by atoms with van der Waals surface area (Å²) in [5.74, 6) is 0.749. The summed E-state index contributed by atoms with van der Waals surface area (Å²) in [6.07, 6.45) is 5.26. The first kappa shape index (κ1) is 22.1. The van der Waals surface area contributed by atoms with Gasteiger partial charge in [-0.25, -0.2) is 13.1 Å². The van der Waals surface area contributed by atoms with Crippen molar-refractivity contribution in [1.82, 2.24) is 10.0 Å². The summed E-state index contributed by atoms with van der Waals surface area (Å²) in [6, 6.07) is 4.76. The molecule has 5 rings (SSSR count). The highest BCUT2D eigenvalue weighted by Crippen LogP contribution is 2.57. The van der Waals surface area contributed by atoms with Gasteiger partial charge in [0.1, 0.15) is 0 Å². The molecule has 30 heavy (non-hydrogen) atoms. The van der Waals surface area contributed by atoms with Crippen LogP contribution in [0.25, 0.3) is 0 Å². The van der Waals surface area contributed by atoms with E-state index in [0.717, 1.165) is 32.1 Å². The van der Waals surface area contributed by atoms with Gasteiger partial charge in [0.2, 0.25) is 15.9 Å². The molecule has 0 saturated heterocycles. The molecule has 3 N–H and O–H groups in total. The van der Waals surface area contributed by atoms with Gasteiger partial charge in [0.15, 0.2) is 0 Å².